The quantitative estimate of drug-likeness (QED) is 0.671. The molecule has 32 heavy (non-hydrogen) atoms. The fraction of sp³-hybridized carbons (Fsp3) is 0.280. The van der Waals surface area contributed by atoms with Crippen LogP contribution in [0.4, 0.5) is 0 Å². The number of hydrogen-bond acceptors (Lipinski definition) is 5. The summed E-state index contributed by atoms with van der Waals surface area (Å²) in [4.78, 5) is 35.6. The molecular weight excluding hydrogens is 404 g/mol. The Morgan fingerprint density at radius 3 is 2.19 bits per heavy atom. The second-order valence-corrected chi connectivity index (χ2v) is 8.01. The maximum Gasteiger partial charge on any atom is 0.254 e. The van der Waals surface area contributed by atoms with Crippen molar-refractivity contribution in [3.05, 3.63) is 83.7 Å². The van der Waals surface area contributed by atoms with E-state index in [2.05, 4.69) is 15.3 Å². The molecule has 1 aliphatic heterocycles. The first-order chi connectivity index (χ1) is 15.5. The molecule has 1 N–H and O–H groups in total. The Bertz CT molecular complexity index is 1060. The topological polar surface area (TPSA) is 84.4 Å². The fourth-order valence-corrected chi connectivity index (χ4v) is 3.76. The molecule has 0 radical (unpaired) electrons. The Balaban J connectivity index is 1.33. The van der Waals surface area contributed by atoms with Crippen LogP contribution < -0.4 is 5.32 Å². The van der Waals surface area contributed by atoms with Crippen molar-refractivity contribution >= 4 is 11.8 Å². The molecule has 0 spiro atoms. The highest BCUT2D eigenvalue weighted by Crippen LogP contribution is 2.16. The lowest BCUT2D eigenvalue weighted by atomic mass is 10.1. The summed E-state index contributed by atoms with van der Waals surface area (Å²) < 4.78 is 5.70. The van der Waals surface area contributed by atoms with Gasteiger partial charge in [0.15, 0.2) is 5.82 Å². The summed E-state index contributed by atoms with van der Waals surface area (Å²) >= 11 is 0. The van der Waals surface area contributed by atoms with Gasteiger partial charge in [-0.25, -0.2) is 9.97 Å². The summed E-state index contributed by atoms with van der Waals surface area (Å²) in [7, 11) is 0. The van der Waals surface area contributed by atoms with Crippen molar-refractivity contribution in [2.75, 3.05) is 13.1 Å². The van der Waals surface area contributed by atoms with E-state index in [0.29, 0.717) is 36.6 Å². The van der Waals surface area contributed by atoms with Crippen molar-refractivity contribution in [2.24, 2.45) is 0 Å². The van der Waals surface area contributed by atoms with E-state index >= 15 is 0 Å². The van der Waals surface area contributed by atoms with Crippen molar-refractivity contribution in [3.63, 3.8) is 0 Å². The van der Waals surface area contributed by atoms with Crippen LogP contribution in [0, 0.1) is 0 Å². The molecule has 0 saturated carbocycles. The van der Waals surface area contributed by atoms with E-state index in [1.165, 1.54) is 12.4 Å². The van der Waals surface area contributed by atoms with Crippen LogP contribution in [-0.4, -0.2) is 52.0 Å². The molecule has 2 unspecified atom stereocenters. The largest absolute Gasteiger partial charge is 0.372 e. The minimum atomic E-state index is -0.249. The van der Waals surface area contributed by atoms with Crippen LogP contribution in [0.3, 0.4) is 0 Å². The van der Waals surface area contributed by atoms with E-state index in [0.717, 1.165) is 11.1 Å². The minimum absolute atomic E-state index is 0.00163. The van der Waals surface area contributed by atoms with Gasteiger partial charge in [0.25, 0.3) is 11.8 Å². The lowest BCUT2D eigenvalue weighted by Gasteiger charge is -2.35. The Morgan fingerprint density at radius 1 is 0.938 bits per heavy atom. The molecule has 2 heterocycles. The molecule has 1 aliphatic rings. The first kappa shape index (κ1) is 21.6. The Kier molecular flexibility index (Phi) is 6.56. The summed E-state index contributed by atoms with van der Waals surface area (Å²) in [6, 6.07) is 16.9. The van der Waals surface area contributed by atoms with Crippen LogP contribution in [0.5, 0.6) is 0 Å². The predicted molar refractivity (Wildman–Crippen MR) is 121 cm³/mol. The number of nitrogens with zero attached hydrogens (tertiary/aromatic N) is 3. The zero-order valence-corrected chi connectivity index (χ0v) is 18.2. The van der Waals surface area contributed by atoms with Gasteiger partial charge in [-0.3, -0.25) is 9.59 Å². The molecule has 0 aliphatic carbocycles. The van der Waals surface area contributed by atoms with E-state index in [-0.39, 0.29) is 24.0 Å². The summed E-state index contributed by atoms with van der Waals surface area (Å²) in [6.45, 7) is 5.47. The average molecular weight is 431 g/mol. The van der Waals surface area contributed by atoms with Crippen LogP contribution >= 0.6 is 0 Å². The van der Waals surface area contributed by atoms with Crippen LogP contribution in [0.25, 0.3) is 11.4 Å². The second-order valence-electron chi connectivity index (χ2n) is 8.01. The van der Waals surface area contributed by atoms with E-state index in [1.54, 1.807) is 12.1 Å². The van der Waals surface area contributed by atoms with Gasteiger partial charge in [0.05, 0.1) is 17.8 Å². The van der Waals surface area contributed by atoms with Crippen LogP contribution in [0.2, 0.25) is 0 Å². The number of carbonyl (C=O) groups is 2. The summed E-state index contributed by atoms with van der Waals surface area (Å²) in [5.74, 6) is 0.325. The molecule has 1 saturated heterocycles. The van der Waals surface area contributed by atoms with Gasteiger partial charge in [-0.2, -0.15) is 0 Å². The number of aromatic nitrogens is 2. The van der Waals surface area contributed by atoms with Crippen molar-refractivity contribution < 1.29 is 14.3 Å². The van der Waals surface area contributed by atoms with Crippen molar-refractivity contribution in [2.45, 2.75) is 32.6 Å². The molecule has 1 fully saturated rings. The Labute approximate surface area is 187 Å². The highest BCUT2D eigenvalue weighted by Gasteiger charge is 2.26. The van der Waals surface area contributed by atoms with Gasteiger partial charge in [0, 0.05) is 43.2 Å². The molecule has 7 heteroatoms. The number of nitrogens with one attached hydrogen (secondary N) is 1. The molecule has 2 aromatic carbocycles. The number of morpholine rings is 1. The Morgan fingerprint density at radius 2 is 1.56 bits per heavy atom. The molecule has 7 nitrogen and oxygen atoms in total. The van der Waals surface area contributed by atoms with E-state index in [4.69, 9.17) is 4.74 Å². The van der Waals surface area contributed by atoms with E-state index in [1.807, 2.05) is 61.2 Å². The lowest BCUT2D eigenvalue weighted by Crippen LogP contribution is -2.48. The first-order valence-corrected chi connectivity index (χ1v) is 10.7. The Hall–Kier alpha value is -3.58. The smallest absolute Gasteiger partial charge is 0.254 e. The molecule has 1 aromatic heterocycles. The van der Waals surface area contributed by atoms with Gasteiger partial charge in [-0.1, -0.05) is 42.5 Å². The number of ether oxygens (including phenoxy) is 1. The number of carbonyl (C=O) groups excluding carboxylic acids is 2. The number of amides is 2. The number of hydrogen-bond donors (Lipinski definition) is 1. The SMILES string of the molecule is CC1CN(C(=O)c2ccc(CNC(=O)c3cnc(-c4ccccc4)nc3)cc2)CC(C)O1. The zero-order chi connectivity index (χ0) is 22.5. The van der Waals surface area contributed by atoms with Crippen molar-refractivity contribution in [3.8, 4) is 11.4 Å². The molecule has 2 amide bonds. The van der Waals surface area contributed by atoms with Crippen molar-refractivity contribution in [1.29, 1.82) is 0 Å². The van der Waals surface area contributed by atoms with Gasteiger partial charge >= 0.3 is 0 Å². The van der Waals surface area contributed by atoms with E-state index < -0.39 is 0 Å². The molecule has 4 rings (SSSR count). The minimum Gasteiger partial charge on any atom is -0.372 e. The van der Waals surface area contributed by atoms with E-state index in [9.17, 15) is 9.59 Å². The highest BCUT2D eigenvalue weighted by molar-refractivity contribution is 5.95. The fourth-order valence-electron chi connectivity index (χ4n) is 3.76. The molecule has 2 atom stereocenters. The molecule has 3 aromatic rings. The van der Waals surface area contributed by atoms with Crippen LogP contribution in [0.1, 0.15) is 40.1 Å². The molecular formula is C25H26N4O3. The predicted octanol–water partition coefficient (Wildman–Crippen LogP) is 3.32. The lowest BCUT2D eigenvalue weighted by molar-refractivity contribution is -0.0586. The first-order valence-electron chi connectivity index (χ1n) is 10.7. The van der Waals surface area contributed by atoms with Gasteiger partial charge in [0.1, 0.15) is 0 Å². The van der Waals surface area contributed by atoms with Gasteiger partial charge < -0.3 is 15.0 Å². The summed E-state index contributed by atoms with van der Waals surface area (Å²) in [6.07, 6.45) is 3.11. The van der Waals surface area contributed by atoms with Crippen LogP contribution in [0.15, 0.2) is 67.0 Å². The van der Waals surface area contributed by atoms with Gasteiger partial charge in [-0.05, 0) is 31.5 Å². The molecule has 0 bridgehead atoms. The monoisotopic (exact) mass is 430 g/mol. The number of benzene rings is 2. The standard InChI is InChI=1S/C25H26N4O3/c1-17-15-29(16-18(2)32-17)25(31)21-10-8-19(9-11-21)12-28-24(30)22-13-26-23(27-14-22)20-6-4-3-5-7-20/h3-11,13-14,17-18H,12,15-16H2,1-2H3,(H,28,30). The molecule has 164 valence electrons. The van der Waals surface area contributed by atoms with Gasteiger partial charge in [0.2, 0.25) is 0 Å². The number of rotatable bonds is 5. The third-order valence-electron chi connectivity index (χ3n) is 5.31. The normalized spacial score (nSPS) is 18.2. The van der Waals surface area contributed by atoms with Crippen LogP contribution in [-0.2, 0) is 11.3 Å². The second kappa shape index (κ2) is 9.70. The highest BCUT2D eigenvalue weighted by atomic mass is 16.5. The zero-order valence-electron chi connectivity index (χ0n) is 18.2. The maximum absolute atomic E-state index is 12.8. The average Bonchev–Trinajstić information content (AvgIpc) is 2.82. The van der Waals surface area contributed by atoms with Crippen molar-refractivity contribution in [1.82, 2.24) is 20.2 Å². The third kappa shape index (κ3) is 5.18. The maximum atomic E-state index is 12.8. The van der Waals surface area contributed by atoms with Gasteiger partial charge in [-0.15, -0.1) is 0 Å². The summed E-state index contributed by atoms with van der Waals surface area (Å²) in [5, 5.41) is 2.87. The third-order valence-corrected chi connectivity index (χ3v) is 5.31. The summed E-state index contributed by atoms with van der Waals surface area (Å²) in [5.41, 5.74) is 2.83.